The van der Waals surface area contributed by atoms with Crippen LogP contribution < -0.4 is 5.32 Å². The van der Waals surface area contributed by atoms with Crippen LogP contribution in [0.15, 0.2) is 28.9 Å². The summed E-state index contributed by atoms with van der Waals surface area (Å²) in [6.07, 6.45) is 4.01. The lowest BCUT2D eigenvalue weighted by Gasteiger charge is -2.16. The Morgan fingerprint density at radius 2 is 2.16 bits per heavy atom. The number of anilines is 1. The Balaban J connectivity index is 1.91. The molecule has 1 aliphatic rings. The maximum Gasteiger partial charge on any atom is 0.148 e. The Bertz CT molecular complexity index is 625. The predicted octanol–water partition coefficient (Wildman–Crippen LogP) is 3.96. The van der Waals surface area contributed by atoms with Gasteiger partial charge < -0.3 is 5.32 Å². The number of fused-ring (bicyclic) bond motifs is 1. The fraction of sp³-hybridized carbons (Fsp3) is 0.333. The van der Waals surface area contributed by atoms with E-state index in [-0.39, 0.29) is 0 Å². The highest BCUT2D eigenvalue weighted by atomic mass is 79.9. The Morgan fingerprint density at radius 3 is 3.00 bits per heavy atom. The van der Waals surface area contributed by atoms with Gasteiger partial charge >= 0.3 is 0 Å². The Labute approximate surface area is 121 Å². The summed E-state index contributed by atoms with van der Waals surface area (Å²) >= 11 is 3.63. The third-order valence-electron chi connectivity index (χ3n) is 3.60. The minimum atomic E-state index is 0.335. The second-order valence-corrected chi connectivity index (χ2v) is 5.84. The van der Waals surface area contributed by atoms with Crippen molar-refractivity contribution >= 4 is 21.7 Å². The third-order valence-corrected chi connectivity index (χ3v) is 4.34. The van der Waals surface area contributed by atoms with Crippen LogP contribution in [0.4, 0.5) is 5.82 Å². The number of aryl methyl sites for hydroxylation is 2. The van der Waals surface area contributed by atoms with Gasteiger partial charge in [0.25, 0.3) is 0 Å². The van der Waals surface area contributed by atoms with E-state index in [4.69, 9.17) is 0 Å². The van der Waals surface area contributed by atoms with Crippen LogP contribution in [0, 0.1) is 13.8 Å². The zero-order valence-electron chi connectivity index (χ0n) is 11.1. The van der Waals surface area contributed by atoms with Crippen molar-refractivity contribution in [2.24, 2.45) is 0 Å². The van der Waals surface area contributed by atoms with Gasteiger partial charge in [-0.2, -0.15) is 0 Å². The van der Waals surface area contributed by atoms with Crippen molar-refractivity contribution in [1.82, 2.24) is 9.97 Å². The van der Waals surface area contributed by atoms with Crippen LogP contribution in [0.25, 0.3) is 0 Å². The lowest BCUT2D eigenvalue weighted by atomic mass is 10.1. The SMILES string of the molecule is Cc1cnc(C)c(NC2CCc3c(Br)cccc32)n1. The van der Waals surface area contributed by atoms with Gasteiger partial charge in [-0.15, -0.1) is 0 Å². The second-order valence-electron chi connectivity index (χ2n) is 4.99. The molecule has 1 aromatic carbocycles. The molecule has 2 aromatic rings. The molecule has 1 atom stereocenters. The van der Waals surface area contributed by atoms with Crippen LogP contribution in [-0.4, -0.2) is 9.97 Å². The molecule has 1 heterocycles. The van der Waals surface area contributed by atoms with E-state index >= 15 is 0 Å². The monoisotopic (exact) mass is 317 g/mol. The molecule has 0 saturated carbocycles. The average molecular weight is 318 g/mol. The average Bonchev–Trinajstić information content (AvgIpc) is 2.79. The molecular formula is C15H16BrN3. The highest BCUT2D eigenvalue weighted by Crippen LogP contribution is 2.37. The smallest absolute Gasteiger partial charge is 0.148 e. The fourth-order valence-electron chi connectivity index (χ4n) is 2.60. The van der Waals surface area contributed by atoms with Gasteiger partial charge in [0.15, 0.2) is 0 Å². The second kappa shape index (κ2) is 4.93. The van der Waals surface area contributed by atoms with Crippen molar-refractivity contribution in [3.8, 4) is 0 Å². The Kier molecular flexibility index (Phi) is 3.27. The molecule has 0 saturated heterocycles. The first-order valence-corrected chi connectivity index (χ1v) is 7.28. The summed E-state index contributed by atoms with van der Waals surface area (Å²) in [5.74, 6) is 0.901. The minimum Gasteiger partial charge on any atom is -0.362 e. The first kappa shape index (κ1) is 12.6. The van der Waals surface area contributed by atoms with Gasteiger partial charge in [-0.05, 0) is 43.9 Å². The van der Waals surface area contributed by atoms with Gasteiger partial charge in [0.1, 0.15) is 5.82 Å². The van der Waals surface area contributed by atoms with Gasteiger partial charge in [0.05, 0.1) is 17.4 Å². The van der Waals surface area contributed by atoms with E-state index in [0.717, 1.165) is 30.0 Å². The Hall–Kier alpha value is -1.42. The van der Waals surface area contributed by atoms with Crippen LogP contribution in [0.5, 0.6) is 0 Å². The van der Waals surface area contributed by atoms with Crippen LogP contribution in [-0.2, 0) is 6.42 Å². The van der Waals surface area contributed by atoms with Crippen LogP contribution in [0.2, 0.25) is 0 Å². The fourth-order valence-corrected chi connectivity index (χ4v) is 3.18. The van der Waals surface area contributed by atoms with Crippen LogP contribution in [0.1, 0.15) is 35.0 Å². The maximum atomic E-state index is 4.55. The molecule has 0 aliphatic heterocycles. The number of aromatic nitrogens is 2. The molecule has 0 radical (unpaired) electrons. The van der Waals surface area contributed by atoms with Crippen LogP contribution in [0.3, 0.4) is 0 Å². The van der Waals surface area contributed by atoms with Crippen LogP contribution >= 0.6 is 15.9 Å². The molecule has 3 rings (SSSR count). The van der Waals surface area contributed by atoms with Crippen molar-refractivity contribution in [3.63, 3.8) is 0 Å². The molecule has 0 fully saturated rings. The van der Waals surface area contributed by atoms with Crippen molar-refractivity contribution in [3.05, 3.63) is 51.4 Å². The number of hydrogen-bond donors (Lipinski definition) is 1. The van der Waals surface area contributed by atoms with E-state index in [0.29, 0.717) is 6.04 Å². The standard InChI is InChI=1S/C15H16BrN3/c1-9-8-17-10(2)15(18-9)19-14-7-6-11-12(14)4-3-5-13(11)16/h3-5,8,14H,6-7H2,1-2H3,(H,18,19). The zero-order valence-corrected chi connectivity index (χ0v) is 12.7. The molecule has 4 heteroatoms. The lowest BCUT2D eigenvalue weighted by molar-refractivity contribution is 0.753. The van der Waals surface area contributed by atoms with Gasteiger partial charge in [-0.3, -0.25) is 4.98 Å². The molecule has 1 aromatic heterocycles. The highest BCUT2D eigenvalue weighted by molar-refractivity contribution is 9.10. The van der Waals surface area contributed by atoms with Crippen molar-refractivity contribution in [2.45, 2.75) is 32.7 Å². The largest absolute Gasteiger partial charge is 0.362 e. The topological polar surface area (TPSA) is 37.8 Å². The molecule has 19 heavy (non-hydrogen) atoms. The number of nitrogens with one attached hydrogen (secondary N) is 1. The van der Waals surface area contributed by atoms with Crippen molar-refractivity contribution in [2.75, 3.05) is 5.32 Å². The normalized spacial score (nSPS) is 17.3. The van der Waals surface area contributed by atoms with Gasteiger partial charge in [0.2, 0.25) is 0 Å². The highest BCUT2D eigenvalue weighted by Gasteiger charge is 2.24. The molecule has 1 unspecified atom stereocenters. The quantitative estimate of drug-likeness (QED) is 0.911. The maximum absolute atomic E-state index is 4.55. The van der Waals surface area contributed by atoms with Crippen molar-refractivity contribution in [1.29, 1.82) is 0 Å². The summed E-state index contributed by atoms with van der Waals surface area (Å²) in [5.41, 5.74) is 4.69. The number of benzene rings is 1. The van der Waals surface area contributed by atoms with Gasteiger partial charge in [-0.25, -0.2) is 4.98 Å². The van der Waals surface area contributed by atoms with E-state index in [1.807, 2.05) is 13.8 Å². The number of nitrogens with zero attached hydrogens (tertiary/aromatic N) is 2. The van der Waals surface area contributed by atoms with E-state index in [1.54, 1.807) is 6.20 Å². The summed E-state index contributed by atoms with van der Waals surface area (Å²) in [7, 11) is 0. The first-order valence-electron chi connectivity index (χ1n) is 6.49. The van der Waals surface area contributed by atoms with E-state index in [2.05, 4.69) is 49.4 Å². The van der Waals surface area contributed by atoms with E-state index in [1.165, 1.54) is 15.6 Å². The number of rotatable bonds is 2. The van der Waals surface area contributed by atoms with Gasteiger partial charge in [0, 0.05) is 10.7 Å². The molecule has 0 bridgehead atoms. The molecular weight excluding hydrogens is 302 g/mol. The molecule has 3 nitrogen and oxygen atoms in total. The zero-order chi connectivity index (χ0) is 13.4. The summed E-state index contributed by atoms with van der Waals surface area (Å²) in [6, 6.07) is 6.74. The predicted molar refractivity (Wildman–Crippen MR) is 80.3 cm³/mol. The summed E-state index contributed by atoms with van der Waals surface area (Å²) in [6.45, 7) is 3.96. The summed E-state index contributed by atoms with van der Waals surface area (Å²) < 4.78 is 1.21. The lowest BCUT2D eigenvalue weighted by Crippen LogP contribution is -2.10. The first-order chi connectivity index (χ1) is 9.15. The molecule has 0 spiro atoms. The van der Waals surface area contributed by atoms with E-state index in [9.17, 15) is 0 Å². The number of halogens is 1. The molecule has 98 valence electrons. The third kappa shape index (κ3) is 2.37. The molecule has 1 N–H and O–H groups in total. The van der Waals surface area contributed by atoms with Gasteiger partial charge in [-0.1, -0.05) is 28.1 Å². The minimum absolute atomic E-state index is 0.335. The molecule has 0 amide bonds. The Morgan fingerprint density at radius 1 is 1.32 bits per heavy atom. The summed E-state index contributed by atoms with van der Waals surface area (Å²) in [5, 5.41) is 3.54. The summed E-state index contributed by atoms with van der Waals surface area (Å²) in [4.78, 5) is 8.91. The van der Waals surface area contributed by atoms with Crippen molar-refractivity contribution < 1.29 is 0 Å². The number of hydrogen-bond acceptors (Lipinski definition) is 3. The van der Waals surface area contributed by atoms with E-state index < -0.39 is 0 Å². The molecule has 1 aliphatic carbocycles.